The first-order chi connectivity index (χ1) is 6.77. The molecule has 0 spiro atoms. The Kier molecular flexibility index (Phi) is 2.72. The minimum atomic E-state index is -1.88. The molecule has 0 aliphatic heterocycles. The van der Waals surface area contributed by atoms with Crippen LogP contribution in [0, 0.1) is 0 Å². The number of hydrogen-bond acceptors (Lipinski definition) is 3. The van der Waals surface area contributed by atoms with Crippen LogP contribution in [0.15, 0.2) is 40.9 Å². The minimum absolute atomic E-state index is 0.462. The predicted molar refractivity (Wildman–Crippen MR) is 56.6 cm³/mol. The molecular formula is C9H7NO2S2. The monoisotopic (exact) mass is 225 g/mol. The van der Waals surface area contributed by atoms with Crippen LogP contribution in [0.1, 0.15) is 0 Å². The molecule has 3 nitrogen and oxygen atoms in total. The van der Waals surface area contributed by atoms with Gasteiger partial charge in [0.25, 0.3) is 0 Å². The zero-order valence-electron chi connectivity index (χ0n) is 7.08. The molecule has 0 aliphatic rings. The van der Waals surface area contributed by atoms with E-state index < -0.39 is 11.1 Å². The molecule has 2 heterocycles. The second kappa shape index (κ2) is 4.00. The lowest BCUT2D eigenvalue weighted by molar-refractivity contribution is 0.566. The third-order valence-corrected chi connectivity index (χ3v) is 3.79. The zero-order valence-corrected chi connectivity index (χ0v) is 8.72. The Labute approximate surface area is 87.7 Å². The van der Waals surface area contributed by atoms with Crippen molar-refractivity contribution in [1.82, 2.24) is 4.98 Å². The highest BCUT2D eigenvalue weighted by atomic mass is 32.2. The van der Waals surface area contributed by atoms with E-state index in [0.717, 1.165) is 10.4 Å². The first kappa shape index (κ1) is 9.51. The third kappa shape index (κ3) is 1.89. The van der Waals surface area contributed by atoms with Crippen molar-refractivity contribution in [1.29, 1.82) is 0 Å². The van der Waals surface area contributed by atoms with E-state index in [0.29, 0.717) is 4.21 Å². The summed E-state index contributed by atoms with van der Waals surface area (Å²) in [6, 6.07) is 7.24. The Balaban J connectivity index is 2.39. The van der Waals surface area contributed by atoms with E-state index in [4.69, 9.17) is 4.55 Å². The lowest BCUT2D eigenvalue weighted by atomic mass is 10.2. The molecule has 0 amide bonds. The molecule has 0 saturated heterocycles. The summed E-state index contributed by atoms with van der Waals surface area (Å²) in [5, 5.41) is 0. The number of nitrogens with zero attached hydrogens (tertiary/aromatic N) is 1. The molecule has 1 atom stereocenters. The maximum absolute atomic E-state index is 10.8. The normalized spacial score (nSPS) is 12.6. The average Bonchev–Trinajstić information content (AvgIpc) is 2.68. The Morgan fingerprint density at radius 2 is 2.21 bits per heavy atom. The maximum atomic E-state index is 10.8. The minimum Gasteiger partial charge on any atom is -0.302 e. The molecule has 72 valence electrons. The van der Waals surface area contributed by atoms with Gasteiger partial charge >= 0.3 is 0 Å². The SMILES string of the molecule is O=S(O)c1ccc(-c2cccnc2)s1. The quantitative estimate of drug-likeness (QED) is 0.798. The lowest BCUT2D eigenvalue weighted by Gasteiger charge is -1.93. The fourth-order valence-electron chi connectivity index (χ4n) is 1.08. The summed E-state index contributed by atoms with van der Waals surface area (Å²) in [5.41, 5.74) is 0.967. The van der Waals surface area contributed by atoms with Crippen LogP contribution in [0.2, 0.25) is 0 Å². The highest BCUT2D eigenvalue weighted by molar-refractivity contribution is 7.81. The highest BCUT2D eigenvalue weighted by Crippen LogP contribution is 2.28. The van der Waals surface area contributed by atoms with Gasteiger partial charge in [-0.1, -0.05) is 6.07 Å². The second-order valence-corrected chi connectivity index (χ2v) is 4.89. The van der Waals surface area contributed by atoms with Gasteiger partial charge in [0.1, 0.15) is 4.21 Å². The van der Waals surface area contributed by atoms with E-state index in [1.807, 2.05) is 18.2 Å². The van der Waals surface area contributed by atoms with Gasteiger partial charge in [-0.15, -0.1) is 11.3 Å². The molecule has 1 unspecified atom stereocenters. The van der Waals surface area contributed by atoms with Crippen molar-refractivity contribution in [3.8, 4) is 10.4 Å². The van der Waals surface area contributed by atoms with Crippen molar-refractivity contribution in [2.45, 2.75) is 4.21 Å². The number of aromatic nitrogens is 1. The summed E-state index contributed by atoms with van der Waals surface area (Å²) in [5.74, 6) is 0. The summed E-state index contributed by atoms with van der Waals surface area (Å²) in [7, 11) is 0. The number of rotatable bonds is 2. The van der Waals surface area contributed by atoms with Crippen molar-refractivity contribution < 1.29 is 8.76 Å². The van der Waals surface area contributed by atoms with Gasteiger partial charge in [-0.3, -0.25) is 4.98 Å². The van der Waals surface area contributed by atoms with Crippen molar-refractivity contribution in [3.63, 3.8) is 0 Å². The highest BCUT2D eigenvalue weighted by Gasteiger charge is 2.05. The number of pyridine rings is 1. The van der Waals surface area contributed by atoms with E-state index in [2.05, 4.69) is 4.98 Å². The standard InChI is InChI=1S/C9H7NO2S2/c11-14(12)9-4-3-8(13-9)7-2-1-5-10-6-7/h1-6H,(H,11,12). The molecule has 0 aromatic carbocycles. The first-order valence-corrected chi connectivity index (χ1v) is 5.81. The molecule has 0 fully saturated rings. The van der Waals surface area contributed by atoms with Gasteiger partial charge in [0.15, 0.2) is 11.1 Å². The van der Waals surface area contributed by atoms with E-state index >= 15 is 0 Å². The fourth-order valence-corrected chi connectivity index (χ4v) is 2.54. The van der Waals surface area contributed by atoms with Crippen LogP contribution < -0.4 is 0 Å². The molecule has 0 bridgehead atoms. The average molecular weight is 225 g/mol. The van der Waals surface area contributed by atoms with Gasteiger partial charge in [-0.25, -0.2) is 4.21 Å². The molecular weight excluding hydrogens is 218 g/mol. The molecule has 0 radical (unpaired) electrons. The van der Waals surface area contributed by atoms with Crippen LogP contribution in [0.3, 0.4) is 0 Å². The molecule has 2 aromatic rings. The molecule has 14 heavy (non-hydrogen) atoms. The Hall–Kier alpha value is -1.04. The van der Waals surface area contributed by atoms with Crippen LogP contribution in [-0.4, -0.2) is 13.7 Å². The molecule has 2 rings (SSSR count). The molecule has 0 aliphatic carbocycles. The Morgan fingerprint density at radius 3 is 2.79 bits per heavy atom. The van der Waals surface area contributed by atoms with E-state index in [9.17, 15) is 4.21 Å². The van der Waals surface area contributed by atoms with Gasteiger partial charge in [-0.2, -0.15) is 0 Å². The fraction of sp³-hybridized carbons (Fsp3) is 0. The number of hydrogen-bond donors (Lipinski definition) is 1. The largest absolute Gasteiger partial charge is 0.302 e. The van der Waals surface area contributed by atoms with Crippen LogP contribution in [0.25, 0.3) is 10.4 Å². The van der Waals surface area contributed by atoms with Crippen molar-refractivity contribution >= 4 is 22.4 Å². The van der Waals surface area contributed by atoms with Crippen molar-refractivity contribution in [2.24, 2.45) is 0 Å². The predicted octanol–water partition coefficient (Wildman–Crippen LogP) is 2.39. The summed E-state index contributed by atoms with van der Waals surface area (Å²) in [6.45, 7) is 0. The first-order valence-electron chi connectivity index (χ1n) is 3.88. The van der Waals surface area contributed by atoms with Gasteiger partial charge in [0, 0.05) is 22.8 Å². The van der Waals surface area contributed by atoms with Gasteiger partial charge in [0.2, 0.25) is 0 Å². The Bertz CT molecular complexity index is 453. The Morgan fingerprint density at radius 1 is 1.36 bits per heavy atom. The molecule has 1 N–H and O–H groups in total. The summed E-state index contributed by atoms with van der Waals surface area (Å²) in [6.07, 6.45) is 3.43. The third-order valence-electron chi connectivity index (χ3n) is 1.70. The van der Waals surface area contributed by atoms with Gasteiger partial charge in [0.05, 0.1) is 0 Å². The van der Waals surface area contributed by atoms with E-state index in [-0.39, 0.29) is 0 Å². The van der Waals surface area contributed by atoms with Crippen molar-refractivity contribution in [3.05, 3.63) is 36.7 Å². The molecule has 5 heteroatoms. The summed E-state index contributed by atoms with van der Waals surface area (Å²) >= 11 is -0.580. The smallest absolute Gasteiger partial charge is 0.196 e. The number of thiophene rings is 1. The van der Waals surface area contributed by atoms with Gasteiger partial charge < -0.3 is 4.55 Å². The zero-order chi connectivity index (χ0) is 9.97. The maximum Gasteiger partial charge on any atom is 0.196 e. The molecule has 2 aromatic heterocycles. The van der Waals surface area contributed by atoms with Crippen LogP contribution in [0.4, 0.5) is 0 Å². The van der Waals surface area contributed by atoms with Gasteiger partial charge in [-0.05, 0) is 18.2 Å². The van der Waals surface area contributed by atoms with E-state index in [1.54, 1.807) is 18.5 Å². The second-order valence-electron chi connectivity index (χ2n) is 2.61. The summed E-state index contributed by atoms with van der Waals surface area (Å²) in [4.78, 5) is 4.94. The molecule has 0 saturated carbocycles. The van der Waals surface area contributed by atoms with Crippen LogP contribution in [-0.2, 0) is 11.1 Å². The topological polar surface area (TPSA) is 50.2 Å². The summed E-state index contributed by atoms with van der Waals surface area (Å²) < 4.78 is 20.1. The van der Waals surface area contributed by atoms with Crippen LogP contribution >= 0.6 is 11.3 Å². The van der Waals surface area contributed by atoms with Crippen molar-refractivity contribution in [2.75, 3.05) is 0 Å². The lowest BCUT2D eigenvalue weighted by Crippen LogP contribution is -1.79. The van der Waals surface area contributed by atoms with E-state index in [1.165, 1.54) is 11.3 Å². The van der Waals surface area contributed by atoms with Crippen LogP contribution in [0.5, 0.6) is 0 Å².